The average molecular weight is 593 g/mol. The summed E-state index contributed by atoms with van der Waals surface area (Å²) in [4.78, 5) is 0. The maximum absolute atomic E-state index is 9.70. The number of benzene rings is 1. The SMILES string of the molecule is CO[C@@H]1CC[C@@H]2O[C@@]3(C)[C@H](C[C@H]2O1)O[C@@H]1C[C@H](O[Si](C)(C)C(C)(C)C)[C@@H](CCCO)O[C@H]1[C@@H]3OCc1ccccc1. The van der Waals surface area contributed by atoms with E-state index in [1.165, 1.54) is 0 Å². The van der Waals surface area contributed by atoms with E-state index in [0.717, 1.165) is 37.7 Å². The van der Waals surface area contributed by atoms with Gasteiger partial charge in [-0.3, -0.25) is 0 Å². The van der Waals surface area contributed by atoms with Crippen molar-refractivity contribution in [3.05, 3.63) is 35.9 Å². The number of fused-ring (bicyclic) bond motifs is 3. The number of hydrogen-bond donors (Lipinski definition) is 1. The Labute approximate surface area is 247 Å². The summed E-state index contributed by atoms with van der Waals surface area (Å²) in [6, 6.07) is 10.3. The molecular formula is C32H52O8Si. The first-order valence-corrected chi connectivity index (χ1v) is 18.5. The Morgan fingerprint density at radius 2 is 1.76 bits per heavy atom. The molecule has 1 aromatic rings. The predicted octanol–water partition coefficient (Wildman–Crippen LogP) is 5.36. The Balaban J connectivity index is 1.43. The first-order valence-electron chi connectivity index (χ1n) is 15.6. The van der Waals surface area contributed by atoms with Crippen LogP contribution in [0.3, 0.4) is 0 Å². The van der Waals surface area contributed by atoms with E-state index in [1.807, 2.05) is 18.2 Å². The van der Waals surface area contributed by atoms with E-state index < -0.39 is 13.9 Å². The maximum Gasteiger partial charge on any atom is 0.192 e. The minimum absolute atomic E-state index is 0.0472. The molecule has 4 saturated heterocycles. The molecule has 4 aliphatic rings. The average Bonchev–Trinajstić information content (AvgIpc) is 2.93. The highest BCUT2D eigenvalue weighted by Crippen LogP contribution is 2.49. The number of rotatable bonds is 9. The lowest BCUT2D eigenvalue weighted by atomic mass is 9.75. The lowest BCUT2D eigenvalue weighted by molar-refractivity contribution is -0.370. The van der Waals surface area contributed by atoms with Gasteiger partial charge in [-0.05, 0) is 49.9 Å². The van der Waals surface area contributed by atoms with Crippen molar-refractivity contribution in [1.82, 2.24) is 0 Å². The predicted molar refractivity (Wildman–Crippen MR) is 158 cm³/mol. The van der Waals surface area contributed by atoms with Crippen molar-refractivity contribution in [2.45, 2.75) is 152 Å². The third-order valence-electron chi connectivity index (χ3n) is 10.1. The maximum atomic E-state index is 9.70. The van der Waals surface area contributed by atoms with E-state index in [-0.39, 0.29) is 66.8 Å². The Morgan fingerprint density at radius 1 is 1.00 bits per heavy atom. The fourth-order valence-corrected chi connectivity index (χ4v) is 8.07. The Morgan fingerprint density at radius 3 is 2.44 bits per heavy atom. The molecule has 1 aromatic carbocycles. The molecule has 232 valence electrons. The summed E-state index contributed by atoms with van der Waals surface area (Å²) in [5.74, 6) is 0. The Hall–Kier alpha value is -0.883. The fraction of sp³-hybridized carbons (Fsp3) is 0.812. The molecule has 1 N–H and O–H groups in total. The molecule has 0 spiro atoms. The number of hydrogen-bond acceptors (Lipinski definition) is 8. The van der Waals surface area contributed by atoms with Crippen LogP contribution in [0, 0.1) is 0 Å². The van der Waals surface area contributed by atoms with Crippen LogP contribution in [0.4, 0.5) is 0 Å². The van der Waals surface area contributed by atoms with Gasteiger partial charge < -0.3 is 38.0 Å². The summed E-state index contributed by atoms with van der Waals surface area (Å²) in [5.41, 5.74) is 0.412. The summed E-state index contributed by atoms with van der Waals surface area (Å²) in [5, 5.41) is 9.77. The molecule has 0 bridgehead atoms. The topological polar surface area (TPSA) is 84.8 Å². The van der Waals surface area contributed by atoms with Gasteiger partial charge in [0, 0.05) is 33.0 Å². The number of aliphatic hydroxyl groups excluding tert-OH is 1. The van der Waals surface area contributed by atoms with Crippen molar-refractivity contribution >= 4 is 8.32 Å². The summed E-state index contributed by atoms with van der Waals surface area (Å²) >= 11 is 0. The highest BCUT2D eigenvalue weighted by Gasteiger charge is 2.62. The fourth-order valence-electron chi connectivity index (χ4n) is 6.72. The molecule has 8 nitrogen and oxygen atoms in total. The van der Waals surface area contributed by atoms with Gasteiger partial charge in [-0.1, -0.05) is 51.1 Å². The van der Waals surface area contributed by atoms with Crippen LogP contribution in [0.1, 0.15) is 71.8 Å². The molecule has 5 rings (SSSR count). The molecule has 0 aromatic heterocycles. The minimum Gasteiger partial charge on any atom is -0.411 e. The van der Waals surface area contributed by atoms with Gasteiger partial charge in [-0.2, -0.15) is 0 Å². The van der Waals surface area contributed by atoms with Gasteiger partial charge >= 0.3 is 0 Å². The zero-order chi connectivity index (χ0) is 29.4. The van der Waals surface area contributed by atoms with Crippen LogP contribution in [0.15, 0.2) is 30.3 Å². The lowest BCUT2D eigenvalue weighted by Crippen LogP contribution is -2.73. The van der Waals surface area contributed by atoms with E-state index in [2.05, 4.69) is 52.9 Å². The third-order valence-corrected chi connectivity index (χ3v) is 14.6. The quantitative estimate of drug-likeness (QED) is 0.384. The molecule has 0 aliphatic carbocycles. The highest BCUT2D eigenvalue weighted by molar-refractivity contribution is 6.74. The van der Waals surface area contributed by atoms with Gasteiger partial charge in [0.15, 0.2) is 14.6 Å². The van der Waals surface area contributed by atoms with Gasteiger partial charge in [0.05, 0.1) is 43.2 Å². The molecule has 0 radical (unpaired) electrons. The van der Waals surface area contributed by atoms with Gasteiger partial charge in [0.25, 0.3) is 0 Å². The largest absolute Gasteiger partial charge is 0.411 e. The van der Waals surface area contributed by atoms with Gasteiger partial charge in [-0.25, -0.2) is 0 Å². The second-order valence-corrected chi connectivity index (χ2v) is 18.8. The first kappa shape index (κ1) is 31.5. The lowest BCUT2D eigenvalue weighted by Gasteiger charge is -2.60. The van der Waals surface area contributed by atoms with Crippen LogP contribution in [0.5, 0.6) is 0 Å². The zero-order valence-corrected chi connectivity index (χ0v) is 27.0. The van der Waals surface area contributed by atoms with E-state index >= 15 is 0 Å². The molecule has 4 aliphatic heterocycles. The van der Waals surface area contributed by atoms with Crippen molar-refractivity contribution in [3.8, 4) is 0 Å². The number of ether oxygens (including phenoxy) is 6. The summed E-state index contributed by atoms with van der Waals surface area (Å²) in [6.07, 6.45) is 2.84. The van der Waals surface area contributed by atoms with Crippen molar-refractivity contribution in [3.63, 3.8) is 0 Å². The van der Waals surface area contributed by atoms with Gasteiger partial charge in [0.1, 0.15) is 17.8 Å². The third kappa shape index (κ3) is 6.64. The van der Waals surface area contributed by atoms with Crippen molar-refractivity contribution < 1.29 is 38.0 Å². The van der Waals surface area contributed by atoms with Crippen LogP contribution in [0.2, 0.25) is 18.1 Å². The second-order valence-electron chi connectivity index (χ2n) is 14.0. The molecule has 41 heavy (non-hydrogen) atoms. The molecule has 0 saturated carbocycles. The zero-order valence-electron chi connectivity index (χ0n) is 26.0. The second kappa shape index (κ2) is 12.6. The first-order chi connectivity index (χ1) is 19.4. The Kier molecular flexibility index (Phi) is 9.71. The Bertz CT molecular complexity index is 986. The molecular weight excluding hydrogens is 540 g/mol. The number of aliphatic hydroxyl groups is 1. The summed E-state index contributed by atoms with van der Waals surface area (Å²) in [7, 11) is -0.381. The monoisotopic (exact) mass is 592 g/mol. The van der Waals surface area contributed by atoms with Gasteiger partial charge in [-0.15, -0.1) is 0 Å². The van der Waals surface area contributed by atoms with Crippen molar-refractivity contribution in [2.24, 2.45) is 0 Å². The highest BCUT2D eigenvalue weighted by atomic mass is 28.4. The molecule has 0 unspecified atom stereocenters. The smallest absolute Gasteiger partial charge is 0.192 e. The normalized spacial score (nSPS) is 39.5. The van der Waals surface area contributed by atoms with Crippen LogP contribution in [-0.2, 0) is 39.5 Å². The van der Waals surface area contributed by atoms with Gasteiger partial charge in [0.2, 0.25) is 0 Å². The molecule has 0 amide bonds. The van der Waals surface area contributed by atoms with E-state index in [1.54, 1.807) is 7.11 Å². The molecule has 10 atom stereocenters. The van der Waals surface area contributed by atoms with Crippen LogP contribution in [-0.4, -0.2) is 87.9 Å². The number of methoxy groups -OCH3 is 1. The van der Waals surface area contributed by atoms with Crippen molar-refractivity contribution in [2.75, 3.05) is 13.7 Å². The molecule has 9 heteroatoms. The van der Waals surface area contributed by atoms with Crippen LogP contribution < -0.4 is 0 Å². The van der Waals surface area contributed by atoms with Crippen molar-refractivity contribution in [1.29, 1.82) is 0 Å². The van der Waals surface area contributed by atoms with E-state index in [0.29, 0.717) is 13.0 Å². The molecule has 4 fully saturated rings. The van der Waals surface area contributed by atoms with E-state index in [4.69, 9.17) is 32.8 Å². The minimum atomic E-state index is -2.08. The summed E-state index contributed by atoms with van der Waals surface area (Å²) in [6.45, 7) is 14.1. The van der Waals surface area contributed by atoms with E-state index in [9.17, 15) is 5.11 Å². The summed E-state index contributed by atoms with van der Waals surface area (Å²) < 4.78 is 46.4. The standard InChI is InChI=1S/C32H52O8Si/c1-31(2,3)41(6,7)40-25-18-26-29(38-22(25)14-11-17-33)30(35-20-21-12-9-8-10-13-21)32(4)27(36-26)19-24-23(39-32)15-16-28(34-5)37-24/h8-10,12-13,22-30,33H,11,14-20H2,1-7H3/t22-,23+,24-,25+,26-,27+,28+,29-,30+,32+/m1/s1. The van der Waals surface area contributed by atoms with Crippen LogP contribution >= 0.6 is 0 Å². The molecule has 4 heterocycles. The van der Waals surface area contributed by atoms with Crippen LogP contribution in [0.25, 0.3) is 0 Å².